The SMILES string of the molecule is CN=C(NCCCNc1ccccc1)NC1CCN(c2ccccc2)C1.I. The maximum Gasteiger partial charge on any atom is 0.191 e. The van der Waals surface area contributed by atoms with Crippen LogP contribution in [0.5, 0.6) is 0 Å². The zero-order chi connectivity index (χ0) is 18.0. The number of rotatable bonds is 7. The van der Waals surface area contributed by atoms with Gasteiger partial charge in [0.2, 0.25) is 0 Å². The smallest absolute Gasteiger partial charge is 0.191 e. The molecule has 1 atom stereocenters. The summed E-state index contributed by atoms with van der Waals surface area (Å²) in [6, 6.07) is 21.4. The first kappa shape index (κ1) is 21.3. The maximum absolute atomic E-state index is 4.36. The van der Waals surface area contributed by atoms with Crippen LogP contribution < -0.4 is 20.9 Å². The lowest BCUT2D eigenvalue weighted by Crippen LogP contribution is -2.45. The molecule has 0 radical (unpaired) electrons. The van der Waals surface area contributed by atoms with E-state index in [0.29, 0.717) is 6.04 Å². The molecule has 2 aromatic carbocycles. The van der Waals surface area contributed by atoms with Gasteiger partial charge in [-0.25, -0.2) is 0 Å². The normalized spacial score (nSPS) is 16.6. The summed E-state index contributed by atoms with van der Waals surface area (Å²) in [6.45, 7) is 3.94. The van der Waals surface area contributed by atoms with Gasteiger partial charge < -0.3 is 20.9 Å². The monoisotopic (exact) mass is 479 g/mol. The van der Waals surface area contributed by atoms with E-state index in [9.17, 15) is 0 Å². The van der Waals surface area contributed by atoms with E-state index in [2.05, 4.69) is 68.3 Å². The molecule has 0 bridgehead atoms. The number of halogens is 1. The first-order valence-electron chi connectivity index (χ1n) is 9.41. The molecule has 1 heterocycles. The van der Waals surface area contributed by atoms with E-state index >= 15 is 0 Å². The molecule has 1 unspecified atom stereocenters. The second kappa shape index (κ2) is 11.7. The molecule has 1 aliphatic heterocycles. The third-order valence-corrected chi connectivity index (χ3v) is 4.62. The van der Waals surface area contributed by atoms with E-state index in [1.54, 1.807) is 0 Å². The number of benzene rings is 2. The standard InChI is InChI=1S/C21H29N5.HI/c1-22-21(24-15-8-14-23-18-9-4-2-5-10-18)25-19-13-16-26(17-19)20-11-6-3-7-12-20;/h2-7,9-12,19,23H,8,13-17H2,1H3,(H2,22,24,25);1H. The summed E-state index contributed by atoms with van der Waals surface area (Å²) in [5.74, 6) is 0.893. The molecule has 0 aliphatic carbocycles. The Hall–Kier alpha value is -1.96. The van der Waals surface area contributed by atoms with Crippen LogP contribution in [0.1, 0.15) is 12.8 Å². The third kappa shape index (κ3) is 6.93. The average Bonchev–Trinajstić information content (AvgIpc) is 3.17. The minimum Gasteiger partial charge on any atom is -0.385 e. The van der Waals surface area contributed by atoms with Gasteiger partial charge in [-0.05, 0) is 37.1 Å². The van der Waals surface area contributed by atoms with E-state index in [1.165, 1.54) is 11.4 Å². The van der Waals surface area contributed by atoms with Crippen LogP contribution in [0.3, 0.4) is 0 Å². The van der Waals surface area contributed by atoms with Gasteiger partial charge in [-0.1, -0.05) is 36.4 Å². The number of hydrogen-bond acceptors (Lipinski definition) is 3. The van der Waals surface area contributed by atoms with Crippen molar-refractivity contribution in [1.82, 2.24) is 10.6 Å². The number of aliphatic imine (C=N–C) groups is 1. The Balaban J connectivity index is 0.00000261. The van der Waals surface area contributed by atoms with Gasteiger partial charge in [0.15, 0.2) is 5.96 Å². The lowest BCUT2D eigenvalue weighted by Gasteiger charge is -2.20. The topological polar surface area (TPSA) is 51.7 Å². The molecular formula is C21H30IN5. The minimum atomic E-state index is 0. The quantitative estimate of drug-likeness (QED) is 0.246. The van der Waals surface area contributed by atoms with Crippen molar-refractivity contribution in [2.75, 3.05) is 43.4 Å². The van der Waals surface area contributed by atoms with Gasteiger partial charge >= 0.3 is 0 Å². The van der Waals surface area contributed by atoms with Crippen molar-refractivity contribution in [2.24, 2.45) is 4.99 Å². The molecular weight excluding hydrogens is 449 g/mol. The fourth-order valence-corrected chi connectivity index (χ4v) is 3.22. The zero-order valence-corrected chi connectivity index (χ0v) is 18.2. The number of para-hydroxylation sites is 2. The molecule has 1 aliphatic rings. The summed E-state index contributed by atoms with van der Waals surface area (Å²) in [5.41, 5.74) is 2.47. The number of nitrogens with zero attached hydrogens (tertiary/aromatic N) is 2. The average molecular weight is 479 g/mol. The van der Waals surface area contributed by atoms with Crippen molar-refractivity contribution in [3.63, 3.8) is 0 Å². The van der Waals surface area contributed by atoms with E-state index < -0.39 is 0 Å². The van der Waals surface area contributed by atoms with Gasteiger partial charge in [-0.3, -0.25) is 4.99 Å². The molecule has 1 saturated heterocycles. The Labute approximate surface area is 179 Å². The third-order valence-electron chi connectivity index (χ3n) is 4.62. The Morgan fingerprint density at radius 2 is 1.74 bits per heavy atom. The molecule has 0 amide bonds. The van der Waals surface area contributed by atoms with Crippen LogP contribution in [0.25, 0.3) is 0 Å². The van der Waals surface area contributed by atoms with E-state index in [0.717, 1.165) is 45.0 Å². The zero-order valence-electron chi connectivity index (χ0n) is 15.9. The fraction of sp³-hybridized carbons (Fsp3) is 0.381. The summed E-state index contributed by atoms with van der Waals surface area (Å²) < 4.78 is 0. The largest absolute Gasteiger partial charge is 0.385 e. The summed E-state index contributed by atoms with van der Waals surface area (Å²) in [6.07, 6.45) is 2.17. The van der Waals surface area contributed by atoms with Gasteiger partial charge in [-0.2, -0.15) is 0 Å². The lowest BCUT2D eigenvalue weighted by molar-refractivity contribution is 0.645. The molecule has 27 heavy (non-hydrogen) atoms. The first-order chi connectivity index (χ1) is 12.8. The Morgan fingerprint density at radius 1 is 1.04 bits per heavy atom. The van der Waals surface area contributed by atoms with Crippen molar-refractivity contribution >= 4 is 41.3 Å². The molecule has 0 aromatic heterocycles. The van der Waals surface area contributed by atoms with Gasteiger partial charge in [0, 0.05) is 50.6 Å². The van der Waals surface area contributed by atoms with Crippen LogP contribution in [-0.4, -0.2) is 45.2 Å². The Morgan fingerprint density at radius 3 is 2.44 bits per heavy atom. The summed E-state index contributed by atoms with van der Waals surface area (Å²) in [7, 11) is 1.83. The van der Waals surface area contributed by atoms with Gasteiger partial charge in [0.05, 0.1) is 0 Å². The highest BCUT2D eigenvalue weighted by molar-refractivity contribution is 14.0. The summed E-state index contributed by atoms with van der Waals surface area (Å²) in [4.78, 5) is 6.79. The summed E-state index contributed by atoms with van der Waals surface area (Å²) >= 11 is 0. The van der Waals surface area contributed by atoms with Gasteiger partial charge in [0.25, 0.3) is 0 Å². The molecule has 2 aromatic rings. The molecule has 3 N–H and O–H groups in total. The first-order valence-corrected chi connectivity index (χ1v) is 9.41. The fourth-order valence-electron chi connectivity index (χ4n) is 3.22. The number of hydrogen-bond donors (Lipinski definition) is 3. The second-order valence-corrected chi connectivity index (χ2v) is 6.56. The highest BCUT2D eigenvalue weighted by atomic mass is 127. The Kier molecular flexibility index (Phi) is 9.24. The molecule has 146 valence electrons. The van der Waals surface area contributed by atoms with Crippen molar-refractivity contribution in [3.8, 4) is 0 Å². The Bertz CT molecular complexity index is 677. The number of guanidine groups is 1. The predicted molar refractivity (Wildman–Crippen MR) is 127 cm³/mol. The van der Waals surface area contributed by atoms with E-state index in [4.69, 9.17) is 0 Å². The van der Waals surface area contributed by atoms with Gasteiger partial charge in [-0.15, -0.1) is 24.0 Å². The number of nitrogens with one attached hydrogen (secondary N) is 3. The van der Waals surface area contributed by atoms with Crippen molar-refractivity contribution in [3.05, 3.63) is 60.7 Å². The molecule has 3 rings (SSSR count). The maximum atomic E-state index is 4.36. The van der Waals surface area contributed by atoms with Crippen LogP contribution in [0.2, 0.25) is 0 Å². The predicted octanol–water partition coefficient (Wildman–Crippen LogP) is 3.55. The number of anilines is 2. The molecule has 5 nitrogen and oxygen atoms in total. The molecule has 0 spiro atoms. The van der Waals surface area contributed by atoms with Crippen LogP contribution in [0.4, 0.5) is 11.4 Å². The molecule has 0 saturated carbocycles. The van der Waals surface area contributed by atoms with Crippen molar-refractivity contribution < 1.29 is 0 Å². The highest BCUT2D eigenvalue weighted by Crippen LogP contribution is 2.19. The van der Waals surface area contributed by atoms with Crippen molar-refractivity contribution in [2.45, 2.75) is 18.9 Å². The van der Waals surface area contributed by atoms with E-state index in [1.807, 2.05) is 25.2 Å². The van der Waals surface area contributed by atoms with Crippen LogP contribution in [-0.2, 0) is 0 Å². The van der Waals surface area contributed by atoms with Crippen molar-refractivity contribution in [1.29, 1.82) is 0 Å². The van der Waals surface area contributed by atoms with Gasteiger partial charge in [0.1, 0.15) is 0 Å². The summed E-state index contributed by atoms with van der Waals surface area (Å²) in [5, 5.41) is 10.4. The molecule has 6 heteroatoms. The van der Waals surface area contributed by atoms with Crippen LogP contribution in [0, 0.1) is 0 Å². The molecule has 1 fully saturated rings. The van der Waals surface area contributed by atoms with Crippen LogP contribution in [0.15, 0.2) is 65.7 Å². The van der Waals surface area contributed by atoms with Crippen LogP contribution >= 0.6 is 24.0 Å². The van der Waals surface area contributed by atoms with E-state index in [-0.39, 0.29) is 24.0 Å². The minimum absolute atomic E-state index is 0. The lowest BCUT2D eigenvalue weighted by atomic mass is 10.2. The second-order valence-electron chi connectivity index (χ2n) is 6.56. The highest BCUT2D eigenvalue weighted by Gasteiger charge is 2.23.